The number of nitrogens with one attached hydrogen (secondary N) is 2. The number of halogens is 2. The van der Waals surface area contributed by atoms with Crippen molar-refractivity contribution in [3.05, 3.63) is 93.0 Å². The summed E-state index contributed by atoms with van der Waals surface area (Å²) in [6, 6.07) is 18.8. The second kappa shape index (κ2) is 9.24. The van der Waals surface area contributed by atoms with Crippen LogP contribution in [0.5, 0.6) is 11.5 Å². The van der Waals surface area contributed by atoms with Crippen LogP contribution in [-0.4, -0.2) is 18.6 Å². The number of benzene rings is 3. The molecule has 1 heterocycles. The molecule has 0 fully saturated rings. The van der Waals surface area contributed by atoms with Crippen LogP contribution in [0.3, 0.4) is 0 Å². The van der Waals surface area contributed by atoms with Gasteiger partial charge in [-0.3, -0.25) is 9.59 Å². The molecule has 3 aromatic rings. The van der Waals surface area contributed by atoms with Gasteiger partial charge in [-0.1, -0.05) is 33.6 Å². The molecule has 0 aliphatic carbocycles. The summed E-state index contributed by atoms with van der Waals surface area (Å²) < 4.78 is 11.6. The van der Waals surface area contributed by atoms with E-state index >= 15 is 0 Å². The zero-order chi connectivity index (χ0) is 21.8. The van der Waals surface area contributed by atoms with Crippen LogP contribution in [-0.2, 0) is 4.79 Å². The molecule has 0 unspecified atom stereocenters. The summed E-state index contributed by atoms with van der Waals surface area (Å²) >= 11 is 9.25. The van der Waals surface area contributed by atoms with E-state index in [1.807, 2.05) is 0 Å². The summed E-state index contributed by atoms with van der Waals surface area (Å²) in [7, 11) is 0. The first kappa shape index (κ1) is 21.0. The minimum Gasteiger partial charge on any atom is -0.454 e. The van der Waals surface area contributed by atoms with Gasteiger partial charge in [-0.2, -0.15) is 0 Å². The fraction of sp³-hybridized carbons (Fsp3) is 0.0435. The molecule has 3 aromatic carbocycles. The Labute approximate surface area is 191 Å². The SMILES string of the molecule is O=C(Nc1ccc(Cl)cc1)C(=Cc1ccc2c(c1)OCO2)NC(=O)c1ccc(Br)cc1. The van der Waals surface area contributed by atoms with Crippen molar-refractivity contribution in [2.75, 3.05) is 12.1 Å². The molecule has 1 aliphatic rings. The molecule has 0 saturated carbocycles. The second-order valence-electron chi connectivity index (χ2n) is 6.59. The van der Waals surface area contributed by atoms with Gasteiger partial charge in [-0.05, 0) is 72.3 Å². The van der Waals surface area contributed by atoms with E-state index in [0.717, 1.165) is 4.47 Å². The molecular formula is C23H16BrClN2O4. The Morgan fingerprint density at radius 3 is 2.39 bits per heavy atom. The molecule has 8 heteroatoms. The number of rotatable bonds is 5. The van der Waals surface area contributed by atoms with E-state index in [-0.39, 0.29) is 12.5 Å². The highest BCUT2D eigenvalue weighted by Gasteiger charge is 2.17. The van der Waals surface area contributed by atoms with Gasteiger partial charge in [-0.15, -0.1) is 0 Å². The zero-order valence-electron chi connectivity index (χ0n) is 16.0. The molecule has 2 N–H and O–H groups in total. The number of fused-ring (bicyclic) bond motifs is 1. The normalized spacial score (nSPS) is 12.4. The van der Waals surface area contributed by atoms with Crippen LogP contribution in [0.1, 0.15) is 15.9 Å². The molecule has 0 spiro atoms. The number of anilines is 1. The lowest BCUT2D eigenvalue weighted by Crippen LogP contribution is -2.30. The van der Waals surface area contributed by atoms with Crippen molar-refractivity contribution in [1.82, 2.24) is 5.32 Å². The lowest BCUT2D eigenvalue weighted by atomic mass is 10.1. The van der Waals surface area contributed by atoms with E-state index < -0.39 is 11.8 Å². The maximum Gasteiger partial charge on any atom is 0.272 e. The van der Waals surface area contributed by atoms with E-state index in [1.54, 1.807) is 72.8 Å². The minimum atomic E-state index is -0.481. The molecule has 0 radical (unpaired) electrons. The second-order valence-corrected chi connectivity index (χ2v) is 7.94. The Morgan fingerprint density at radius 1 is 0.935 bits per heavy atom. The Kier molecular flexibility index (Phi) is 6.25. The van der Waals surface area contributed by atoms with E-state index in [1.165, 1.54) is 0 Å². The predicted molar refractivity (Wildman–Crippen MR) is 122 cm³/mol. The highest BCUT2D eigenvalue weighted by Crippen LogP contribution is 2.33. The Morgan fingerprint density at radius 2 is 1.65 bits per heavy atom. The third-order valence-electron chi connectivity index (χ3n) is 4.41. The Balaban J connectivity index is 1.62. The standard InChI is InChI=1S/C23H16BrClN2O4/c24-16-4-2-15(3-5-16)22(28)27-19(23(29)26-18-8-6-17(25)7-9-18)11-14-1-10-20-21(12-14)31-13-30-20/h1-12H,13H2,(H,26,29)(H,27,28). The van der Waals surface area contributed by atoms with Gasteiger partial charge in [0.2, 0.25) is 6.79 Å². The van der Waals surface area contributed by atoms with Crippen molar-refractivity contribution in [3.63, 3.8) is 0 Å². The van der Waals surface area contributed by atoms with Crippen molar-refractivity contribution in [2.45, 2.75) is 0 Å². The van der Waals surface area contributed by atoms with Crippen LogP contribution < -0.4 is 20.1 Å². The summed E-state index contributed by atoms with van der Waals surface area (Å²) in [5, 5.41) is 6.01. The van der Waals surface area contributed by atoms with Crippen molar-refractivity contribution >= 4 is 51.1 Å². The summed E-state index contributed by atoms with van der Waals surface area (Å²) in [6.45, 7) is 0.146. The first-order valence-electron chi connectivity index (χ1n) is 9.23. The van der Waals surface area contributed by atoms with E-state index in [2.05, 4.69) is 26.6 Å². The first-order chi connectivity index (χ1) is 15.0. The van der Waals surface area contributed by atoms with Gasteiger partial charge in [0.25, 0.3) is 11.8 Å². The van der Waals surface area contributed by atoms with Gasteiger partial charge in [0.1, 0.15) is 5.70 Å². The summed E-state index contributed by atoms with van der Waals surface area (Å²) in [5.41, 5.74) is 1.70. The van der Waals surface area contributed by atoms with Gasteiger partial charge in [-0.25, -0.2) is 0 Å². The fourth-order valence-corrected chi connectivity index (χ4v) is 3.25. The van der Waals surface area contributed by atoms with E-state index in [9.17, 15) is 9.59 Å². The minimum absolute atomic E-state index is 0.0711. The van der Waals surface area contributed by atoms with Gasteiger partial charge in [0.05, 0.1) is 0 Å². The Hall–Kier alpha value is -3.29. The van der Waals surface area contributed by atoms with Crippen LogP contribution in [0.4, 0.5) is 5.69 Å². The molecule has 31 heavy (non-hydrogen) atoms. The molecule has 0 aromatic heterocycles. The van der Waals surface area contributed by atoms with Crippen LogP contribution in [0.2, 0.25) is 5.02 Å². The molecule has 6 nitrogen and oxygen atoms in total. The average molecular weight is 500 g/mol. The van der Waals surface area contributed by atoms with Crippen LogP contribution in [0.25, 0.3) is 6.08 Å². The molecular weight excluding hydrogens is 484 g/mol. The topological polar surface area (TPSA) is 76.7 Å². The largest absolute Gasteiger partial charge is 0.454 e. The summed E-state index contributed by atoms with van der Waals surface area (Å²) in [6.07, 6.45) is 1.57. The molecule has 0 bridgehead atoms. The molecule has 0 saturated heterocycles. The number of carbonyl (C=O) groups is 2. The predicted octanol–water partition coefficient (Wildman–Crippen LogP) is 5.24. The smallest absolute Gasteiger partial charge is 0.272 e. The molecule has 156 valence electrons. The molecule has 1 aliphatic heterocycles. The van der Waals surface area contributed by atoms with E-state index in [4.69, 9.17) is 21.1 Å². The molecule has 0 atom stereocenters. The van der Waals surface area contributed by atoms with E-state index in [0.29, 0.717) is 33.3 Å². The van der Waals surface area contributed by atoms with Gasteiger partial charge in [0, 0.05) is 20.7 Å². The van der Waals surface area contributed by atoms with Crippen molar-refractivity contribution < 1.29 is 19.1 Å². The molecule has 4 rings (SSSR count). The first-order valence-corrected chi connectivity index (χ1v) is 10.4. The zero-order valence-corrected chi connectivity index (χ0v) is 18.4. The third kappa shape index (κ3) is 5.25. The van der Waals surface area contributed by atoms with Crippen molar-refractivity contribution in [3.8, 4) is 11.5 Å². The number of amides is 2. The number of carbonyl (C=O) groups excluding carboxylic acids is 2. The van der Waals surface area contributed by atoms with Gasteiger partial charge in [0.15, 0.2) is 11.5 Å². The average Bonchev–Trinajstić information content (AvgIpc) is 3.23. The quantitative estimate of drug-likeness (QED) is 0.471. The molecule has 2 amide bonds. The fourth-order valence-electron chi connectivity index (χ4n) is 2.86. The van der Waals surface area contributed by atoms with Crippen LogP contribution in [0, 0.1) is 0 Å². The van der Waals surface area contributed by atoms with Gasteiger partial charge < -0.3 is 20.1 Å². The maximum absolute atomic E-state index is 13.0. The summed E-state index contributed by atoms with van der Waals surface area (Å²) in [5.74, 6) is 0.310. The highest BCUT2D eigenvalue weighted by molar-refractivity contribution is 9.10. The maximum atomic E-state index is 13.0. The highest BCUT2D eigenvalue weighted by atomic mass is 79.9. The number of hydrogen-bond acceptors (Lipinski definition) is 4. The van der Waals surface area contributed by atoms with Crippen molar-refractivity contribution in [2.24, 2.45) is 0 Å². The summed E-state index contributed by atoms with van der Waals surface area (Å²) in [4.78, 5) is 25.7. The van der Waals surface area contributed by atoms with Crippen molar-refractivity contribution in [1.29, 1.82) is 0 Å². The van der Waals surface area contributed by atoms with Crippen LogP contribution in [0.15, 0.2) is 76.9 Å². The lowest BCUT2D eigenvalue weighted by Gasteiger charge is -2.12. The van der Waals surface area contributed by atoms with Crippen LogP contribution >= 0.6 is 27.5 Å². The number of hydrogen-bond donors (Lipinski definition) is 2. The third-order valence-corrected chi connectivity index (χ3v) is 5.19. The lowest BCUT2D eigenvalue weighted by molar-refractivity contribution is -0.113. The Bertz CT molecular complexity index is 1160. The number of ether oxygens (including phenoxy) is 2. The van der Waals surface area contributed by atoms with Gasteiger partial charge >= 0.3 is 0 Å². The monoisotopic (exact) mass is 498 g/mol.